The number of amides is 1. The fourth-order valence-corrected chi connectivity index (χ4v) is 4.66. The zero-order valence-corrected chi connectivity index (χ0v) is 15.4. The standard InChI is InChI=1S/C21H22N2O5/c24-20(27-16-10-14-8-9-15(11-16)23(14)21(25)26)17-18(12-4-2-1-3-5-12)22-28-19(17)13-6-7-13/h1-5,13-16H,6-11H2,(H,25,26)/t14-,15+,16+. The maximum atomic E-state index is 13.1. The van der Waals surface area contributed by atoms with E-state index < -0.39 is 12.1 Å². The average molecular weight is 382 g/mol. The Labute approximate surface area is 162 Å². The van der Waals surface area contributed by atoms with E-state index in [9.17, 15) is 14.7 Å². The number of hydrogen-bond donors (Lipinski definition) is 1. The quantitative estimate of drug-likeness (QED) is 0.802. The molecule has 3 atom stereocenters. The first-order valence-electron chi connectivity index (χ1n) is 9.89. The Kier molecular flexibility index (Phi) is 4.10. The van der Waals surface area contributed by atoms with Gasteiger partial charge in [-0.15, -0.1) is 0 Å². The number of rotatable bonds is 4. The van der Waals surface area contributed by atoms with Crippen LogP contribution in [-0.2, 0) is 4.74 Å². The van der Waals surface area contributed by atoms with Crippen molar-refractivity contribution >= 4 is 12.1 Å². The highest BCUT2D eigenvalue weighted by atomic mass is 16.5. The molecule has 1 aromatic heterocycles. The van der Waals surface area contributed by atoms with Gasteiger partial charge in [0.2, 0.25) is 0 Å². The number of carbonyl (C=O) groups excluding carboxylic acids is 1. The summed E-state index contributed by atoms with van der Waals surface area (Å²) in [6.07, 6.45) is 3.61. The summed E-state index contributed by atoms with van der Waals surface area (Å²) in [6.45, 7) is 0. The van der Waals surface area contributed by atoms with E-state index in [1.807, 2.05) is 30.3 Å². The zero-order valence-electron chi connectivity index (χ0n) is 15.4. The summed E-state index contributed by atoms with van der Waals surface area (Å²) in [6, 6.07) is 9.38. The highest BCUT2D eigenvalue weighted by Crippen LogP contribution is 2.44. The second kappa shape index (κ2) is 6.65. The molecule has 3 fully saturated rings. The summed E-state index contributed by atoms with van der Waals surface area (Å²) in [7, 11) is 0. The Morgan fingerprint density at radius 1 is 1.07 bits per heavy atom. The Morgan fingerprint density at radius 3 is 2.36 bits per heavy atom. The van der Waals surface area contributed by atoms with E-state index in [0.717, 1.165) is 31.2 Å². The number of carboxylic acid groups (broad SMARTS) is 1. The first-order chi connectivity index (χ1) is 13.6. The largest absolute Gasteiger partial charge is 0.465 e. The lowest BCUT2D eigenvalue weighted by Crippen LogP contribution is -2.48. The van der Waals surface area contributed by atoms with E-state index in [1.54, 1.807) is 0 Å². The first kappa shape index (κ1) is 17.3. The van der Waals surface area contributed by atoms with Gasteiger partial charge in [0.25, 0.3) is 0 Å². The highest BCUT2D eigenvalue weighted by molar-refractivity contribution is 5.97. The van der Waals surface area contributed by atoms with Crippen molar-refractivity contribution in [3.8, 4) is 11.3 Å². The van der Waals surface area contributed by atoms with Crippen molar-refractivity contribution in [3.63, 3.8) is 0 Å². The van der Waals surface area contributed by atoms with Crippen molar-refractivity contribution < 1.29 is 24.0 Å². The molecule has 1 saturated carbocycles. The second-order valence-electron chi connectivity index (χ2n) is 7.98. The minimum Gasteiger partial charge on any atom is -0.465 e. The van der Waals surface area contributed by atoms with Gasteiger partial charge in [0.1, 0.15) is 17.4 Å². The van der Waals surface area contributed by atoms with Crippen LogP contribution in [0, 0.1) is 0 Å². The molecule has 1 N–H and O–H groups in total. The molecule has 1 aliphatic carbocycles. The molecule has 0 radical (unpaired) electrons. The normalized spacial score (nSPS) is 26.3. The lowest BCUT2D eigenvalue weighted by Gasteiger charge is -2.36. The Hall–Kier alpha value is -2.83. The van der Waals surface area contributed by atoms with Crippen molar-refractivity contribution in [1.82, 2.24) is 10.1 Å². The van der Waals surface area contributed by atoms with Crippen molar-refractivity contribution in [3.05, 3.63) is 41.7 Å². The van der Waals surface area contributed by atoms with Gasteiger partial charge in [0, 0.05) is 36.4 Å². The summed E-state index contributed by atoms with van der Waals surface area (Å²) in [5.41, 5.74) is 1.78. The molecule has 0 spiro atoms. The van der Waals surface area contributed by atoms with E-state index in [-0.39, 0.29) is 24.1 Å². The van der Waals surface area contributed by atoms with E-state index in [0.29, 0.717) is 29.9 Å². The van der Waals surface area contributed by atoms with Crippen molar-refractivity contribution in [1.29, 1.82) is 0 Å². The summed E-state index contributed by atoms with van der Waals surface area (Å²) >= 11 is 0. The molecular formula is C21H22N2O5. The van der Waals surface area contributed by atoms with Crippen LogP contribution in [0.3, 0.4) is 0 Å². The molecule has 2 saturated heterocycles. The molecule has 7 heteroatoms. The first-order valence-corrected chi connectivity index (χ1v) is 9.89. The van der Waals surface area contributed by atoms with Gasteiger partial charge in [0.05, 0.1) is 0 Å². The number of hydrogen-bond acceptors (Lipinski definition) is 5. The van der Waals surface area contributed by atoms with Crippen molar-refractivity contribution in [2.75, 3.05) is 0 Å². The fourth-order valence-electron chi connectivity index (χ4n) is 4.66. The lowest BCUT2D eigenvalue weighted by atomic mass is 9.99. The SMILES string of the molecule is O=C(O[C@H]1C[C@H]2CC[C@@H](C1)N2C(=O)O)c1c(-c2ccccc2)noc1C1CC1. The average Bonchev–Trinajstić information content (AvgIpc) is 3.37. The Morgan fingerprint density at radius 2 is 1.75 bits per heavy atom. The molecule has 1 amide bonds. The number of nitrogens with zero attached hydrogens (tertiary/aromatic N) is 2. The molecule has 5 rings (SSSR count). The number of aromatic nitrogens is 1. The van der Waals surface area contributed by atoms with Crippen LogP contribution in [0.5, 0.6) is 0 Å². The predicted molar refractivity (Wildman–Crippen MR) is 99.0 cm³/mol. The van der Waals surface area contributed by atoms with Gasteiger partial charge in [-0.3, -0.25) is 0 Å². The molecule has 0 unspecified atom stereocenters. The van der Waals surface area contributed by atoms with Crippen LogP contribution in [0.15, 0.2) is 34.9 Å². The van der Waals surface area contributed by atoms with Crippen LogP contribution in [0.25, 0.3) is 11.3 Å². The van der Waals surface area contributed by atoms with Crippen LogP contribution < -0.4 is 0 Å². The molecule has 28 heavy (non-hydrogen) atoms. The topological polar surface area (TPSA) is 92.9 Å². The van der Waals surface area contributed by atoms with E-state index >= 15 is 0 Å². The summed E-state index contributed by atoms with van der Waals surface area (Å²) in [5.74, 6) is 0.447. The molecule has 2 bridgehead atoms. The van der Waals surface area contributed by atoms with Crippen molar-refractivity contribution in [2.24, 2.45) is 0 Å². The summed E-state index contributed by atoms with van der Waals surface area (Å²) < 4.78 is 11.4. The van der Waals surface area contributed by atoms with Crippen LogP contribution in [0.1, 0.15) is 60.6 Å². The maximum Gasteiger partial charge on any atom is 0.407 e. The third kappa shape index (κ3) is 2.95. The number of esters is 1. The van der Waals surface area contributed by atoms with Gasteiger partial charge < -0.3 is 19.3 Å². The minimum atomic E-state index is -0.876. The molecular weight excluding hydrogens is 360 g/mol. The van der Waals surface area contributed by atoms with Gasteiger partial charge in [-0.1, -0.05) is 35.5 Å². The number of piperidine rings is 1. The van der Waals surface area contributed by atoms with E-state index in [1.165, 1.54) is 4.90 Å². The van der Waals surface area contributed by atoms with Crippen molar-refractivity contribution in [2.45, 2.75) is 62.6 Å². The van der Waals surface area contributed by atoms with E-state index in [2.05, 4.69) is 5.16 Å². The third-order valence-corrected chi connectivity index (χ3v) is 6.10. The second-order valence-corrected chi connectivity index (χ2v) is 7.98. The van der Waals surface area contributed by atoms with Gasteiger partial charge in [-0.05, 0) is 25.7 Å². The number of ether oxygens (including phenoxy) is 1. The fraction of sp³-hybridized carbons (Fsp3) is 0.476. The maximum absolute atomic E-state index is 13.1. The third-order valence-electron chi connectivity index (χ3n) is 6.10. The Bertz CT molecular complexity index is 891. The van der Waals surface area contributed by atoms with Crippen LogP contribution in [0.2, 0.25) is 0 Å². The van der Waals surface area contributed by atoms with Crippen LogP contribution in [-0.4, -0.2) is 45.4 Å². The van der Waals surface area contributed by atoms with Crippen LogP contribution in [0.4, 0.5) is 4.79 Å². The lowest BCUT2D eigenvalue weighted by molar-refractivity contribution is -0.00218. The molecule has 7 nitrogen and oxygen atoms in total. The Balaban J connectivity index is 1.39. The molecule has 3 heterocycles. The predicted octanol–water partition coefficient (Wildman–Crippen LogP) is 4.05. The zero-order chi connectivity index (χ0) is 19.3. The van der Waals surface area contributed by atoms with Gasteiger partial charge in [-0.25, -0.2) is 9.59 Å². The number of fused-ring (bicyclic) bond motifs is 2. The molecule has 2 aromatic rings. The monoisotopic (exact) mass is 382 g/mol. The number of carbonyl (C=O) groups is 2. The molecule has 146 valence electrons. The summed E-state index contributed by atoms with van der Waals surface area (Å²) in [5, 5.41) is 13.6. The molecule has 1 aromatic carbocycles. The molecule has 2 aliphatic heterocycles. The van der Waals surface area contributed by atoms with Gasteiger partial charge in [0.15, 0.2) is 5.76 Å². The van der Waals surface area contributed by atoms with Gasteiger partial charge >= 0.3 is 12.1 Å². The summed E-state index contributed by atoms with van der Waals surface area (Å²) in [4.78, 5) is 26.1. The van der Waals surface area contributed by atoms with E-state index in [4.69, 9.17) is 9.26 Å². The molecule has 3 aliphatic rings. The minimum absolute atomic E-state index is 0.0620. The van der Waals surface area contributed by atoms with Crippen LogP contribution >= 0.6 is 0 Å². The van der Waals surface area contributed by atoms with Gasteiger partial charge in [-0.2, -0.15) is 0 Å². The smallest absolute Gasteiger partial charge is 0.407 e. The number of benzene rings is 1. The highest BCUT2D eigenvalue weighted by Gasteiger charge is 2.45.